The molecule has 4 nitrogen and oxygen atoms in total. The first-order valence-electron chi connectivity index (χ1n) is 4.48. The van der Waals surface area contributed by atoms with Crippen LogP contribution in [-0.2, 0) is 9.53 Å². The maximum Gasteiger partial charge on any atom is 0.307 e. The van der Waals surface area contributed by atoms with Gasteiger partial charge in [-0.15, -0.1) is 0 Å². The Morgan fingerprint density at radius 3 is 2.24 bits per heavy atom. The third-order valence-corrected chi connectivity index (χ3v) is 1.86. The van der Waals surface area contributed by atoms with E-state index in [1.807, 2.05) is 0 Å². The third kappa shape index (κ3) is 3.05. The summed E-state index contributed by atoms with van der Waals surface area (Å²) in [6.07, 6.45) is -0.207. The SMILES string of the molecule is COC(=O)CCNc1c(F)c(F)nc(F)c1F. The summed E-state index contributed by atoms with van der Waals surface area (Å²) in [5.74, 6) is -7.44. The summed E-state index contributed by atoms with van der Waals surface area (Å²) in [6, 6.07) is 0. The molecular formula is C9H8F4N2O2. The minimum atomic E-state index is -1.76. The van der Waals surface area contributed by atoms with Gasteiger partial charge in [-0.3, -0.25) is 4.79 Å². The van der Waals surface area contributed by atoms with Crippen LogP contribution in [0.2, 0.25) is 0 Å². The minimum Gasteiger partial charge on any atom is -0.469 e. The Morgan fingerprint density at radius 2 is 1.76 bits per heavy atom. The van der Waals surface area contributed by atoms with Gasteiger partial charge < -0.3 is 10.1 Å². The van der Waals surface area contributed by atoms with Crippen molar-refractivity contribution in [1.29, 1.82) is 0 Å². The van der Waals surface area contributed by atoms with E-state index >= 15 is 0 Å². The molecule has 94 valence electrons. The fourth-order valence-electron chi connectivity index (χ4n) is 1.03. The number of nitrogens with one attached hydrogen (secondary N) is 1. The fourth-order valence-corrected chi connectivity index (χ4v) is 1.03. The third-order valence-electron chi connectivity index (χ3n) is 1.86. The van der Waals surface area contributed by atoms with E-state index in [9.17, 15) is 22.4 Å². The van der Waals surface area contributed by atoms with E-state index in [1.54, 1.807) is 0 Å². The molecule has 1 N–H and O–H groups in total. The number of anilines is 1. The zero-order valence-electron chi connectivity index (χ0n) is 8.69. The van der Waals surface area contributed by atoms with Crippen molar-refractivity contribution < 1.29 is 27.1 Å². The molecule has 0 bridgehead atoms. The number of aromatic nitrogens is 1. The molecule has 8 heteroatoms. The molecule has 1 aromatic heterocycles. The second-order valence-electron chi connectivity index (χ2n) is 2.95. The van der Waals surface area contributed by atoms with Crippen molar-refractivity contribution in [1.82, 2.24) is 4.98 Å². The molecule has 0 aliphatic carbocycles. The molecule has 17 heavy (non-hydrogen) atoms. The van der Waals surface area contributed by atoms with Gasteiger partial charge >= 0.3 is 5.97 Å². The van der Waals surface area contributed by atoms with Crippen LogP contribution in [0.25, 0.3) is 0 Å². The van der Waals surface area contributed by atoms with Crippen LogP contribution in [0.3, 0.4) is 0 Å². The van der Waals surface area contributed by atoms with E-state index in [2.05, 4.69) is 15.0 Å². The normalized spacial score (nSPS) is 10.2. The molecule has 0 aliphatic heterocycles. The summed E-state index contributed by atoms with van der Waals surface area (Å²) < 4.78 is 55.6. The Kier molecular flexibility index (Phi) is 4.24. The van der Waals surface area contributed by atoms with E-state index in [1.165, 1.54) is 0 Å². The lowest BCUT2D eigenvalue weighted by atomic mass is 10.3. The first-order chi connectivity index (χ1) is 7.97. The van der Waals surface area contributed by atoms with E-state index in [0.717, 1.165) is 7.11 Å². The van der Waals surface area contributed by atoms with Gasteiger partial charge in [-0.25, -0.2) is 0 Å². The second-order valence-corrected chi connectivity index (χ2v) is 2.95. The molecule has 1 rings (SSSR count). The van der Waals surface area contributed by atoms with Crippen LogP contribution < -0.4 is 5.32 Å². The topological polar surface area (TPSA) is 51.2 Å². The van der Waals surface area contributed by atoms with E-state index in [4.69, 9.17) is 0 Å². The molecule has 1 aromatic rings. The average molecular weight is 252 g/mol. The van der Waals surface area contributed by atoms with Gasteiger partial charge in [0.2, 0.25) is 11.6 Å². The summed E-state index contributed by atoms with van der Waals surface area (Å²) in [5.41, 5.74) is -1.00. The van der Waals surface area contributed by atoms with Gasteiger partial charge in [0.05, 0.1) is 13.5 Å². The number of hydrogen-bond donors (Lipinski definition) is 1. The number of methoxy groups -OCH3 is 1. The van der Waals surface area contributed by atoms with E-state index < -0.39 is 35.2 Å². The van der Waals surface area contributed by atoms with Crippen LogP contribution in [0.1, 0.15) is 6.42 Å². The molecular weight excluding hydrogens is 244 g/mol. The van der Waals surface area contributed by atoms with Crippen molar-refractivity contribution in [3.8, 4) is 0 Å². The second kappa shape index (κ2) is 5.46. The van der Waals surface area contributed by atoms with Crippen molar-refractivity contribution in [2.24, 2.45) is 0 Å². The molecule has 0 aliphatic rings. The predicted molar refractivity (Wildman–Crippen MR) is 49.2 cm³/mol. The maximum absolute atomic E-state index is 13.0. The Hall–Kier alpha value is -1.86. The molecule has 0 amide bonds. The van der Waals surface area contributed by atoms with Gasteiger partial charge in [0.25, 0.3) is 11.9 Å². The van der Waals surface area contributed by atoms with Crippen LogP contribution in [0, 0.1) is 23.5 Å². The molecule has 1 heterocycles. The number of ether oxygens (including phenoxy) is 1. The molecule has 0 saturated carbocycles. The van der Waals surface area contributed by atoms with Gasteiger partial charge in [0.1, 0.15) is 5.69 Å². The highest BCUT2D eigenvalue weighted by Crippen LogP contribution is 2.21. The van der Waals surface area contributed by atoms with Crippen molar-refractivity contribution in [3.05, 3.63) is 23.5 Å². The van der Waals surface area contributed by atoms with Crippen LogP contribution in [0.5, 0.6) is 0 Å². The zero-order valence-corrected chi connectivity index (χ0v) is 8.69. The molecule has 0 unspecified atom stereocenters. The largest absolute Gasteiger partial charge is 0.469 e. The van der Waals surface area contributed by atoms with Crippen molar-refractivity contribution >= 4 is 11.7 Å². The number of carbonyl (C=O) groups excluding carboxylic acids is 1. The van der Waals surface area contributed by atoms with Crippen molar-refractivity contribution in [2.45, 2.75) is 6.42 Å². The number of nitrogens with zero attached hydrogens (tertiary/aromatic N) is 1. The Morgan fingerprint density at radius 1 is 1.24 bits per heavy atom. The van der Waals surface area contributed by atoms with Crippen LogP contribution in [-0.4, -0.2) is 24.6 Å². The number of pyridine rings is 1. The fraction of sp³-hybridized carbons (Fsp3) is 0.333. The molecule has 0 fully saturated rings. The summed E-state index contributed by atoms with van der Waals surface area (Å²) in [4.78, 5) is 13.1. The van der Waals surface area contributed by atoms with Crippen LogP contribution in [0.15, 0.2) is 0 Å². The average Bonchev–Trinajstić information content (AvgIpc) is 2.30. The predicted octanol–water partition coefficient (Wildman–Crippen LogP) is 1.61. The summed E-state index contributed by atoms with van der Waals surface area (Å²) in [7, 11) is 1.13. The number of rotatable bonds is 4. The Labute approximate surface area is 93.6 Å². The van der Waals surface area contributed by atoms with Crippen LogP contribution >= 0.6 is 0 Å². The van der Waals surface area contributed by atoms with Gasteiger partial charge in [-0.2, -0.15) is 22.5 Å². The first-order valence-corrected chi connectivity index (χ1v) is 4.48. The summed E-state index contributed by atoms with van der Waals surface area (Å²) >= 11 is 0. The molecule has 0 atom stereocenters. The molecule has 0 aromatic carbocycles. The smallest absolute Gasteiger partial charge is 0.307 e. The lowest BCUT2D eigenvalue weighted by Crippen LogP contribution is -2.14. The summed E-state index contributed by atoms with van der Waals surface area (Å²) in [5, 5.41) is 2.06. The minimum absolute atomic E-state index is 0.207. The molecule has 0 spiro atoms. The maximum atomic E-state index is 13.0. The monoisotopic (exact) mass is 252 g/mol. The van der Waals surface area contributed by atoms with E-state index in [0.29, 0.717) is 0 Å². The highest BCUT2D eigenvalue weighted by molar-refractivity contribution is 5.69. The van der Waals surface area contributed by atoms with Gasteiger partial charge in [0, 0.05) is 6.54 Å². The highest BCUT2D eigenvalue weighted by atomic mass is 19.2. The number of hydrogen-bond acceptors (Lipinski definition) is 4. The first kappa shape index (κ1) is 13.2. The standard InChI is InChI=1S/C9H8F4N2O2/c1-17-4(16)2-3-14-7-5(10)8(12)15-9(13)6(7)11/h2-3H2,1H3,(H,14,15). The van der Waals surface area contributed by atoms with Gasteiger partial charge in [-0.1, -0.05) is 0 Å². The Bertz CT molecular complexity index is 413. The van der Waals surface area contributed by atoms with Crippen LogP contribution in [0.4, 0.5) is 23.2 Å². The number of esters is 1. The van der Waals surface area contributed by atoms with Crippen molar-refractivity contribution in [3.63, 3.8) is 0 Å². The number of carbonyl (C=O) groups is 1. The van der Waals surface area contributed by atoms with Crippen molar-refractivity contribution in [2.75, 3.05) is 19.0 Å². The molecule has 0 radical (unpaired) electrons. The lowest BCUT2D eigenvalue weighted by molar-refractivity contribution is -0.140. The molecule has 0 saturated heterocycles. The number of halogens is 4. The quantitative estimate of drug-likeness (QED) is 0.502. The van der Waals surface area contributed by atoms with Gasteiger partial charge in [0.15, 0.2) is 0 Å². The summed E-state index contributed by atoms with van der Waals surface area (Å²) in [6.45, 7) is -0.233. The lowest BCUT2D eigenvalue weighted by Gasteiger charge is -2.08. The Balaban J connectivity index is 2.80. The highest BCUT2D eigenvalue weighted by Gasteiger charge is 2.20. The zero-order chi connectivity index (χ0) is 13.0. The van der Waals surface area contributed by atoms with Gasteiger partial charge in [-0.05, 0) is 0 Å². The van der Waals surface area contributed by atoms with E-state index in [-0.39, 0.29) is 13.0 Å².